The third kappa shape index (κ3) is 3.72. The highest BCUT2D eigenvalue weighted by Gasteiger charge is 2.04. The summed E-state index contributed by atoms with van der Waals surface area (Å²) in [7, 11) is 1.64. The lowest BCUT2D eigenvalue weighted by Gasteiger charge is -2.08. The van der Waals surface area contributed by atoms with Gasteiger partial charge in [-0.25, -0.2) is 4.39 Å². The third-order valence-corrected chi connectivity index (χ3v) is 3.90. The van der Waals surface area contributed by atoms with Crippen LogP contribution in [-0.2, 0) is 12.3 Å². The van der Waals surface area contributed by atoms with Crippen LogP contribution in [0.15, 0.2) is 47.4 Å². The number of hydrogen-bond acceptors (Lipinski definition) is 3. The topological polar surface area (TPSA) is 35.2 Å². The third-order valence-electron chi connectivity index (χ3n) is 2.84. The Balaban J connectivity index is 2.07. The largest absolute Gasteiger partial charge is 0.497 e. The van der Waals surface area contributed by atoms with Crippen LogP contribution in [0.1, 0.15) is 11.1 Å². The summed E-state index contributed by atoms with van der Waals surface area (Å²) in [5, 5.41) is 0. The standard InChI is InChI=1S/C15H16FNOS/c1-18-14-4-6-15(7-5-14)19-10-12-8-13(16)3-2-11(12)9-17/h2-8H,9-10,17H2,1H3. The van der Waals surface area contributed by atoms with E-state index in [0.29, 0.717) is 12.3 Å². The van der Waals surface area contributed by atoms with E-state index in [1.54, 1.807) is 31.0 Å². The number of halogens is 1. The molecule has 2 rings (SSSR count). The van der Waals surface area contributed by atoms with E-state index in [-0.39, 0.29) is 5.82 Å². The molecule has 0 atom stereocenters. The first-order valence-electron chi connectivity index (χ1n) is 5.97. The van der Waals surface area contributed by atoms with Gasteiger partial charge < -0.3 is 10.5 Å². The Hall–Kier alpha value is -1.52. The Morgan fingerprint density at radius 3 is 2.47 bits per heavy atom. The molecule has 0 amide bonds. The molecule has 2 aromatic rings. The number of benzene rings is 2. The van der Waals surface area contributed by atoms with E-state index in [2.05, 4.69) is 0 Å². The molecule has 0 aliphatic heterocycles. The van der Waals surface area contributed by atoms with Crippen molar-refractivity contribution in [3.8, 4) is 5.75 Å². The molecule has 0 aliphatic rings. The van der Waals surface area contributed by atoms with Gasteiger partial charge in [0.15, 0.2) is 0 Å². The summed E-state index contributed by atoms with van der Waals surface area (Å²) in [6.45, 7) is 0.429. The smallest absolute Gasteiger partial charge is 0.123 e. The maximum Gasteiger partial charge on any atom is 0.123 e. The van der Waals surface area contributed by atoms with Gasteiger partial charge in [0, 0.05) is 17.2 Å². The molecule has 4 heteroatoms. The van der Waals surface area contributed by atoms with Crippen LogP contribution in [-0.4, -0.2) is 7.11 Å². The van der Waals surface area contributed by atoms with Gasteiger partial charge in [-0.05, 0) is 47.5 Å². The van der Waals surface area contributed by atoms with Crippen LogP contribution < -0.4 is 10.5 Å². The number of hydrogen-bond donors (Lipinski definition) is 1. The van der Waals surface area contributed by atoms with Crippen molar-refractivity contribution in [1.29, 1.82) is 0 Å². The van der Waals surface area contributed by atoms with Crippen LogP contribution >= 0.6 is 11.8 Å². The Bertz CT molecular complexity index is 542. The van der Waals surface area contributed by atoms with Gasteiger partial charge >= 0.3 is 0 Å². The number of rotatable bonds is 5. The number of thioether (sulfide) groups is 1. The first-order chi connectivity index (χ1) is 9.22. The van der Waals surface area contributed by atoms with Crippen molar-refractivity contribution in [2.75, 3.05) is 7.11 Å². The van der Waals surface area contributed by atoms with Crippen molar-refractivity contribution in [3.63, 3.8) is 0 Å². The van der Waals surface area contributed by atoms with Crippen molar-refractivity contribution in [2.45, 2.75) is 17.2 Å². The van der Waals surface area contributed by atoms with Crippen molar-refractivity contribution >= 4 is 11.8 Å². The molecule has 0 unspecified atom stereocenters. The molecule has 0 radical (unpaired) electrons. The molecule has 2 nitrogen and oxygen atoms in total. The number of nitrogens with two attached hydrogens (primary N) is 1. The summed E-state index contributed by atoms with van der Waals surface area (Å²) in [4.78, 5) is 1.12. The maximum absolute atomic E-state index is 13.2. The molecule has 2 N–H and O–H groups in total. The van der Waals surface area contributed by atoms with Crippen LogP contribution in [0, 0.1) is 5.82 Å². The normalized spacial score (nSPS) is 10.5. The molecule has 100 valence electrons. The molecule has 19 heavy (non-hydrogen) atoms. The highest BCUT2D eigenvalue weighted by molar-refractivity contribution is 7.98. The van der Waals surface area contributed by atoms with Gasteiger partial charge in [-0.3, -0.25) is 0 Å². The van der Waals surface area contributed by atoms with E-state index in [1.807, 2.05) is 24.3 Å². The second-order valence-corrected chi connectivity index (χ2v) is 5.13. The summed E-state index contributed by atoms with van der Waals surface area (Å²) in [6.07, 6.45) is 0. The average molecular weight is 277 g/mol. The average Bonchev–Trinajstić information content (AvgIpc) is 2.46. The molecule has 0 fully saturated rings. The lowest BCUT2D eigenvalue weighted by atomic mass is 10.1. The van der Waals surface area contributed by atoms with Gasteiger partial charge in [-0.15, -0.1) is 11.8 Å². The van der Waals surface area contributed by atoms with Crippen molar-refractivity contribution in [3.05, 3.63) is 59.4 Å². The van der Waals surface area contributed by atoms with Gasteiger partial charge in [0.25, 0.3) is 0 Å². The molecule has 0 bridgehead atoms. The van der Waals surface area contributed by atoms with Gasteiger partial charge in [0.05, 0.1) is 7.11 Å². The zero-order valence-corrected chi connectivity index (χ0v) is 11.5. The van der Waals surface area contributed by atoms with Crippen molar-refractivity contribution in [2.24, 2.45) is 5.73 Å². The zero-order chi connectivity index (χ0) is 13.7. The number of ether oxygens (including phenoxy) is 1. The molecular formula is C15H16FNOS. The Morgan fingerprint density at radius 1 is 1.11 bits per heavy atom. The Morgan fingerprint density at radius 2 is 1.84 bits per heavy atom. The van der Waals surface area contributed by atoms with E-state index in [1.165, 1.54) is 6.07 Å². The lowest BCUT2D eigenvalue weighted by Crippen LogP contribution is -2.01. The molecule has 2 aromatic carbocycles. The lowest BCUT2D eigenvalue weighted by molar-refractivity contribution is 0.414. The van der Waals surface area contributed by atoms with E-state index >= 15 is 0 Å². The minimum absolute atomic E-state index is 0.220. The predicted octanol–water partition coefficient (Wildman–Crippen LogP) is 3.59. The summed E-state index contributed by atoms with van der Waals surface area (Å²) < 4.78 is 18.4. The Labute approximate surface area is 116 Å². The predicted molar refractivity (Wildman–Crippen MR) is 76.8 cm³/mol. The van der Waals surface area contributed by atoms with Gasteiger partial charge in [0.1, 0.15) is 11.6 Å². The summed E-state index contributed by atoms with van der Waals surface area (Å²) >= 11 is 1.65. The fourth-order valence-electron chi connectivity index (χ4n) is 1.76. The minimum Gasteiger partial charge on any atom is -0.497 e. The van der Waals surface area contributed by atoms with Gasteiger partial charge in [-0.1, -0.05) is 6.07 Å². The van der Waals surface area contributed by atoms with Crippen LogP contribution in [0.5, 0.6) is 5.75 Å². The molecule has 0 aliphatic carbocycles. The van der Waals surface area contributed by atoms with Crippen LogP contribution in [0.3, 0.4) is 0 Å². The van der Waals surface area contributed by atoms with Gasteiger partial charge in [-0.2, -0.15) is 0 Å². The quantitative estimate of drug-likeness (QED) is 0.848. The van der Waals surface area contributed by atoms with Crippen LogP contribution in [0.25, 0.3) is 0 Å². The molecule has 0 saturated heterocycles. The first-order valence-corrected chi connectivity index (χ1v) is 6.95. The van der Waals surface area contributed by atoms with Crippen LogP contribution in [0.2, 0.25) is 0 Å². The van der Waals surface area contributed by atoms with E-state index in [4.69, 9.17) is 10.5 Å². The Kier molecular flexibility index (Phi) is 4.82. The summed E-state index contributed by atoms with van der Waals surface area (Å²) in [5.74, 6) is 1.32. The zero-order valence-electron chi connectivity index (χ0n) is 10.7. The van der Waals surface area contributed by atoms with E-state index < -0.39 is 0 Å². The molecule has 0 saturated carbocycles. The second kappa shape index (κ2) is 6.59. The van der Waals surface area contributed by atoms with Crippen molar-refractivity contribution in [1.82, 2.24) is 0 Å². The fourth-order valence-corrected chi connectivity index (χ4v) is 2.68. The highest BCUT2D eigenvalue weighted by Crippen LogP contribution is 2.26. The molecular weight excluding hydrogens is 261 g/mol. The fraction of sp³-hybridized carbons (Fsp3) is 0.200. The molecule has 0 spiro atoms. The molecule has 0 heterocycles. The minimum atomic E-state index is -0.220. The molecule has 0 aromatic heterocycles. The van der Waals surface area contributed by atoms with Gasteiger partial charge in [0.2, 0.25) is 0 Å². The summed E-state index contributed by atoms with van der Waals surface area (Å²) in [5.41, 5.74) is 7.60. The number of methoxy groups -OCH3 is 1. The monoisotopic (exact) mass is 277 g/mol. The second-order valence-electron chi connectivity index (χ2n) is 4.08. The van der Waals surface area contributed by atoms with Crippen molar-refractivity contribution < 1.29 is 9.13 Å². The van der Waals surface area contributed by atoms with E-state index in [0.717, 1.165) is 21.8 Å². The highest BCUT2D eigenvalue weighted by atomic mass is 32.2. The maximum atomic E-state index is 13.2. The summed E-state index contributed by atoms with van der Waals surface area (Å²) in [6, 6.07) is 12.6. The SMILES string of the molecule is COc1ccc(SCc2cc(F)ccc2CN)cc1. The first kappa shape index (κ1) is 13.9. The van der Waals surface area contributed by atoms with Crippen LogP contribution in [0.4, 0.5) is 4.39 Å². The van der Waals surface area contributed by atoms with E-state index in [9.17, 15) is 4.39 Å².